The first-order chi connectivity index (χ1) is 9.64. The molecule has 8 heteroatoms. The van der Waals surface area contributed by atoms with Crippen LogP contribution < -0.4 is 4.90 Å². The largest absolute Gasteiger partial charge is 0.423 e. The van der Waals surface area contributed by atoms with Crippen LogP contribution in [0.1, 0.15) is 5.69 Å². The number of anilines is 1. The van der Waals surface area contributed by atoms with Crippen LogP contribution in [0.4, 0.5) is 6.01 Å². The van der Waals surface area contributed by atoms with Gasteiger partial charge in [0, 0.05) is 4.47 Å². The first-order valence-electron chi connectivity index (χ1n) is 6.04. The highest BCUT2D eigenvalue weighted by molar-refractivity contribution is 9.10. The van der Waals surface area contributed by atoms with Crippen molar-refractivity contribution in [2.24, 2.45) is 0 Å². The molecule has 1 aromatic carbocycles. The zero-order chi connectivity index (χ0) is 13.7. The molecule has 0 atom stereocenters. The summed E-state index contributed by atoms with van der Waals surface area (Å²) in [4.78, 5) is 6.28. The summed E-state index contributed by atoms with van der Waals surface area (Å²) in [7, 11) is 0. The number of β-amino-alcohol motifs (C(OH)–C–C–N with tert-alkyl or cyclic N) is 1. The highest BCUT2D eigenvalue weighted by Gasteiger charge is 2.46. The Hall–Kier alpha value is -1.93. The average molecular weight is 336 g/mol. The molecule has 0 amide bonds. The predicted molar refractivity (Wildman–Crippen MR) is 74.2 cm³/mol. The van der Waals surface area contributed by atoms with Crippen molar-refractivity contribution in [2.45, 2.75) is 5.60 Å². The molecular weight excluding hydrogens is 326 g/mol. The molecule has 20 heavy (non-hydrogen) atoms. The van der Waals surface area contributed by atoms with E-state index in [1.54, 1.807) is 0 Å². The Balaban J connectivity index is 1.60. The van der Waals surface area contributed by atoms with Crippen LogP contribution in [-0.2, 0) is 5.60 Å². The van der Waals surface area contributed by atoms with Crippen molar-refractivity contribution < 1.29 is 9.52 Å². The van der Waals surface area contributed by atoms with E-state index < -0.39 is 5.60 Å². The summed E-state index contributed by atoms with van der Waals surface area (Å²) in [5, 5.41) is 20.5. The Morgan fingerprint density at radius 3 is 3.00 bits per heavy atom. The number of H-pyrrole nitrogens is 1. The van der Waals surface area contributed by atoms with E-state index >= 15 is 0 Å². The molecule has 3 heterocycles. The Labute approximate surface area is 121 Å². The molecule has 0 saturated carbocycles. The summed E-state index contributed by atoms with van der Waals surface area (Å²) < 4.78 is 6.63. The SMILES string of the molecule is OC1(c2cn[nH]n2)CN(c2nc3cc(Br)ccc3o2)C1. The number of aromatic nitrogens is 4. The fourth-order valence-electron chi connectivity index (χ4n) is 2.33. The number of aromatic amines is 1. The number of halogens is 1. The molecule has 1 fully saturated rings. The Morgan fingerprint density at radius 2 is 2.25 bits per heavy atom. The molecular formula is C12H10BrN5O2. The van der Waals surface area contributed by atoms with Gasteiger partial charge in [-0.3, -0.25) is 0 Å². The number of nitrogens with zero attached hydrogens (tertiary/aromatic N) is 4. The lowest BCUT2D eigenvalue weighted by molar-refractivity contribution is 0.000562. The third kappa shape index (κ3) is 1.72. The van der Waals surface area contributed by atoms with Gasteiger partial charge < -0.3 is 14.4 Å². The van der Waals surface area contributed by atoms with E-state index in [9.17, 15) is 5.11 Å². The topological polar surface area (TPSA) is 91.1 Å². The highest BCUT2D eigenvalue weighted by atomic mass is 79.9. The third-order valence-electron chi connectivity index (χ3n) is 3.41. The van der Waals surface area contributed by atoms with Crippen LogP contribution in [0.5, 0.6) is 0 Å². The van der Waals surface area contributed by atoms with Crippen molar-refractivity contribution in [3.8, 4) is 0 Å². The molecule has 3 aromatic rings. The standard InChI is InChI=1S/C12H10BrN5O2/c13-7-1-2-9-8(3-7)15-11(20-9)18-5-12(19,6-18)10-4-14-17-16-10/h1-4,19H,5-6H2,(H,14,16,17). The molecule has 1 aliphatic heterocycles. The maximum absolute atomic E-state index is 10.4. The van der Waals surface area contributed by atoms with Crippen LogP contribution in [0.15, 0.2) is 33.3 Å². The monoisotopic (exact) mass is 335 g/mol. The quantitative estimate of drug-likeness (QED) is 0.735. The summed E-state index contributed by atoms with van der Waals surface area (Å²) in [5.74, 6) is 0. The van der Waals surface area contributed by atoms with Gasteiger partial charge in [-0.25, -0.2) is 0 Å². The van der Waals surface area contributed by atoms with Crippen molar-refractivity contribution in [3.63, 3.8) is 0 Å². The molecule has 1 aliphatic rings. The predicted octanol–water partition coefficient (Wildman–Crippen LogP) is 1.42. The summed E-state index contributed by atoms with van der Waals surface area (Å²) in [6, 6.07) is 6.16. The van der Waals surface area contributed by atoms with E-state index in [1.165, 1.54) is 6.20 Å². The third-order valence-corrected chi connectivity index (χ3v) is 3.90. The van der Waals surface area contributed by atoms with Gasteiger partial charge in [0.1, 0.15) is 16.8 Å². The van der Waals surface area contributed by atoms with Crippen molar-refractivity contribution >= 4 is 33.0 Å². The number of hydrogen-bond donors (Lipinski definition) is 2. The number of benzene rings is 1. The molecule has 102 valence electrons. The highest BCUT2D eigenvalue weighted by Crippen LogP contribution is 2.35. The smallest absolute Gasteiger partial charge is 0.298 e. The number of oxazole rings is 1. The van der Waals surface area contributed by atoms with Gasteiger partial charge in [0.05, 0.1) is 19.3 Å². The molecule has 1 saturated heterocycles. The lowest BCUT2D eigenvalue weighted by Gasteiger charge is -2.44. The van der Waals surface area contributed by atoms with E-state index in [-0.39, 0.29) is 0 Å². The van der Waals surface area contributed by atoms with Crippen molar-refractivity contribution in [1.29, 1.82) is 0 Å². The molecule has 0 spiro atoms. The van der Waals surface area contributed by atoms with E-state index in [1.807, 2.05) is 23.1 Å². The number of nitrogens with one attached hydrogen (secondary N) is 1. The minimum Gasteiger partial charge on any atom is -0.423 e. The fourth-order valence-corrected chi connectivity index (χ4v) is 2.68. The van der Waals surface area contributed by atoms with E-state index in [0.717, 1.165) is 15.6 Å². The minimum atomic E-state index is -0.992. The lowest BCUT2D eigenvalue weighted by atomic mass is 9.91. The first kappa shape index (κ1) is 11.9. The Kier molecular flexibility index (Phi) is 2.39. The van der Waals surface area contributed by atoms with Crippen LogP contribution >= 0.6 is 15.9 Å². The Morgan fingerprint density at radius 1 is 1.40 bits per heavy atom. The maximum atomic E-state index is 10.4. The van der Waals surface area contributed by atoms with Crippen LogP contribution in [-0.4, -0.2) is 38.6 Å². The van der Waals surface area contributed by atoms with Gasteiger partial charge in [-0.15, -0.1) is 0 Å². The minimum absolute atomic E-state index is 0.382. The number of rotatable bonds is 2. The molecule has 0 unspecified atom stereocenters. The molecule has 2 N–H and O–H groups in total. The summed E-state index contributed by atoms with van der Waals surface area (Å²) >= 11 is 3.40. The number of aliphatic hydroxyl groups is 1. The van der Waals surface area contributed by atoms with Crippen LogP contribution in [0.3, 0.4) is 0 Å². The van der Waals surface area contributed by atoms with E-state index in [4.69, 9.17) is 4.42 Å². The van der Waals surface area contributed by atoms with Gasteiger partial charge in [0.15, 0.2) is 5.58 Å². The fraction of sp³-hybridized carbons (Fsp3) is 0.250. The average Bonchev–Trinajstić information content (AvgIpc) is 3.03. The summed E-state index contributed by atoms with van der Waals surface area (Å²) in [6.07, 6.45) is 1.53. The summed E-state index contributed by atoms with van der Waals surface area (Å²) in [6.45, 7) is 0.765. The van der Waals surface area contributed by atoms with Gasteiger partial charge in [-0.05, 0) is 18.2 Å². The zero-order valence-corrected chi connectivity index (χ0v) is 11.8. The molecule has 0 radical (unpaired) electrons. The lowest BCUT2D eigenvalue weighted by Crippen LogP contribution is -2.60. The van der Waals surface area contributed by atoms with Gasteiger partial charge >= 0.3 is 0 Å². The van der Waals surface area contributed by atoms with Crippen molar-refractivity contribution in [3.05, 3.63) is 34.6 Å². The molecule has 2 aromatic heterocycles. The van der Waals surface area contributed by atoms with Crippen LogP contribution in [0, 0.1) is 0 Å². The molecule has 4 rings (SSSR count). The van der Waals surface area contributed by atoms with Crippen molar-refractivity contribution in [2.75, 3.05) is 18.0 Å². The molecule has 0 bridgehead atoms. The van der Waals surface area contributed by atoms with Gasteiger partial charge in [0.25, 0.3) is 6.01 Å². The Bertz CT molecular complexity index is 763. The number of hydrogen-bond acceptors (Lipinski definition) is 6. The first-order valence-corrected chi connectivity index (χ1v) is 6.83. The second kappa shape index (κ2) is 4.03. The van der Waals surface area contributed by atoms with Gasteiger partial charge in [-0.1, -0.05) is 15.9 Å². The maximum Gasteiger partial charge on any atom is 0.298 e. The van der Waals surface area contributed by atoms with Gasteiger partial charge in [0.2, 0.25) is 0 Å². The van der Waals surface area contributed by atoms with Gasteiger partial charge in [-0.2, -0.15) is 20.4 Å². The van der Waals surface area contributed by atoms with Crippen LogP contribution in [0.2, 0.25) is 0 Å². The number of fused-ring (bicyclic) bond motifs is 1. The second-order valence-corrected chi connectivity index (χ2v) is 5.77. The normalized spacial score (nSPS) is 17.4. The molecule has 0 aliphatic carbocycles. The van der Waals surface area contributed by atoms with E-state index in [2.05, 4.69) is 36.3 Å². The summed E-state index contributed by atoms with van der Waals surface area (Å²) in [5.41, 5.74) is 1.05. The second-order valence-electron chi connectivity index (χ2n) is 4.85. The molecule has 7 nitrogen and oxygen atoms in total. The van der Waals surface area contributed by atoms with E-state index in [0.29, 0.717) is 24.8 Å². The zero-order valence-electron chi connectivity index (χ0n) is 10.2. The van der Waals surface area contributed by atoms with Crippen molar-refractivity contribution in [1.82, 2.24) is 20.4 Å². The van der Waals surface area contributed by atoms with Crippen LogP contribution in [0.25, 0.3) is 11.1 Å².